The van der Waals surface area contributed by atoms with Crippen molar-refractivity contribution in [3.8, 4) is 5.69 Å². The van der Waals surface area contributed by atoms with Gasteiger partial charge in [-0.1, -0.05) is 6.07 Å². The monoisotopic (exact) mass is 382 g/mol. The Morgan fingerprint density at radius 2 is 2.07 bits per heavy atom. The highest BCUT2D eigenvalue weighted by Crippen LogP contribution is 2.30. The molecular weight excluding hydrogens is 365 g/mol. The van der Waals surface area contributed by atoms with Crippen molar-refractivity contribution in [2.45, 2.75) is 32.0 Å². The Morgan fingerprint density at radius 1 is 1.30 bits per heavy atom. The van der Waals surface area contributed by atoms with E-state index in [0.717, 1.165) is 18.6 Å². The molecule has 1 saturated heterocycles. The second-order valence-corrected chi connectivity index (χ2v) is 6.05. The Labute approximate surface area is 152 Å². The van der Waals surface area contributed by atoms with E-state index in [4.69, 9.17) is 4.74 Å². The van der Waals surface area contributed by atoms with Gasteiger partial charge in [0.15, 0.2) is 0 Å². The lowest BCUT2D eigenvalue weighted by Crippen LogP contribution is -2.46. The summed E-state index contributed by atoms with van der Waals surface area (Å²) in [5.41, 5.74) is 4.36. The van der Waals surface area contributed by atoms with Crippen molar-refractivity contribution >= 4 is 11.8 Å². The summed E-state index contributed by atoms with van der Waals surface area (Å²) in [4.78, 5) is 24.1. The number of amides is 2. The molecule has 144 valence electrons. The van der Waals surface area contributed by atoms with Crippen LogP contribution in [0, 0.1) is 6.92 Å². The molecule has 3 rings (SSSR count). The normalized spacial score (nSPS) is 17.0. The van der Waals surface area contributed by atoms with Crippen molar-refractivity contribution < 1.29 is 27.5 Å². The Hall–Kier alpha value is -2.88. The minimum absolute atomic E-state index is 0.125. The molecule has 1 unspecified atom stereocenters. The van der Waals surface area contributed by atoms with E-state index >= 15 is 0 Å². The van der Waals surface area contributed by atoms with Crippen LogP contribution in [0.2, 0.25) is 0 Å². The summed E-state index contributed by atoms with van der Waals surface area (Å²) >= 11 is 0. The van der Waals surface area contributed by atoms with Crippen molar-refractivity contribution in [2.24, 2.45) is 0 Å². The van der Waals surface area contributed by atoms with Crippen molar-refractivity contribution in [1.29, 1.82) is 0 Å². The predicted octanol–water partition coefficient (Wildman–Crippen LogP) is 2.14. The van der Waals surface area contributed by atoms with E-state index in [9.17, 15) is 22.8 Å². The third-order valence-electron chi connectivity index (χ3n) is 4.19. The average Bonchev–Trinajstić information content (AvgIpc) is 3.28. The van der Waals surface area contributed by atoms with E-state index < -0.39 is 29.7 Å². The second kappa shape index (κ2) is 7.39. The molecule has 0 radical (unpaired) electrons. The largest absolute Gasteiger partial charge is 0.416 e. The first-order valence-corrected chi connectivity index (χ1v) is 8.21. The lowest BCUT2D eigenvalue weighted by atomic mass is 10.2. The van der Waals surface area contributed by atoms with Crippen LogP contribution in [-0.4, -0.2) is 34.3 Å². The number of hydrogen-bond donors (Lipinski definition) is 2. The van der Waals surface area contributed by atoms with Gasteiger partial charge in [0.1, 0.15) is 6.10 Å². The highest BCUT2D eigenvalue weighted by molar-refractivity contribution is 5.96. The molecular formula is C17H17F3N4O3. The van der Waals surface area contributed by atoms with Crippen LogP contribution in [0.1, 0.15) is 34.5 Å². The van der Waals surface area contributed by atoms with E-state index in [-0.39, 0.29) is 11.3 Å². The fourth-order valence-electron chi connectivity index (χ4n) is 2.76. The number of alkyl halides is 3. The van der Waals surface area contributed by atoms with E-state index in [0.29, 0.717) is 18.7 Å². The van der Waals surface area contributed by atoms with Gasteiger partial charge in [0.25, 0.3) is 11.8 Å². The Balaban J connectivity index is 1.73. The molecule has 1 aliphatic rings. The molecule has 2 N–H and O–H groups in total. The predicted molar refractivity (Wildman–Crippen MR) is 87.9 cm³/mol. The van der Waals surface area contributed by atoms with Crippen molar-refractivity contribution in [3.05, 3.63) is 47.3 Å². The summed E-state index contributed by atoms with van der Waals surface area (Å²) in [6.07, 6.45) is -2.50. The summed E-state index contributed by atoms with van der Waals surface area (Å²) < 4.78 is 45.1. The number of rotatable bonds is 3. The molecule has 2 amide bonds. The van der Waals surface area contributed by atoms with Crippen LogP contribution in [-0.2, 0) is 15.7 Å². The Bertz CT molecular complexity index is 857. The maximum atomic E-state index is 12.9. The van der Waals surface area contributed by atoms with Crippen LogP contribution in [0.4, 0.5) is 13.2 Å². The summed E-state index contributed by atoms with van der Waals surface area (Å²) in [7, 11) is 0. The highest BCUT2D eigenvalue weighted by atomic mass is 19.4. The van der Waals surface area contributed by atoms with E-state index in [1.54, 1.807) is 6.92 Å². The van der Waals surface area contributed by atoms with Crippen LogP contribution in [0.25, 0.3) is 5.69 Å². The maximum absolute atomic E-state index is 12.9. The van der Waals surface area contributed by atoms with E-state index in [1.807, 2.05) is 0 Å². The first-order chi connectivity index (χ1) is 12.8. The average molecular weight is 382 g/mol. The number of nitrogens with one attached hydrogen (secondary N) is 2. The zero-order valence-corrected chi connectivity index (χ0v) is 14.3. The van der Waals surface area contributed by atoms with Gasteiger partial charge in [-0.25, -0.2) is 4.68 Å². The van der Waals surface area contributed by atoms with E-state index in [2.05, 4.69) is 16.0 Å². The number of hydrazine groups is 1. The lowest BCUT2D eigenvalue weighted by Gasteiger charge is -2.12. The van der Waals surface area contributed by atoms with Gasteiger partial charge in [-0.2, -0.15) is 18.3 Å². The minimum Gasteiger partial charge on any atom is -0.368 e. The van der Waals surface area contributed by atoms with Gasteiger partial charge in [0.2, 0.25) is 0 Å². The van der Waals surface area contributed by atoms with Crippen molar-refractivity contribution in [1.82, 2.24) is 20.6 Å². The molecule has 27 heavy (non-hydrogen) atoms. The highest BCUT2D eigenvalue weighted by Gasteiger charge is 2.31. The lowest BCUT2D eigenvalue weighted by molar-refractivity contribution is -0.137. The molecule has 1 aromatic carbocycles. The van der Waals surface area contributed by atoms with Crippen LogP contribution in [0.15, 0.2) is 30.5 Å². The van der Waals surface area contributed by atoms with Gasteiger partial charge < -0.3 is 4.74 Å². The molecule has 0 spiro atoms. The molecule has 7 nitrogen and oxygen atoms in total. The van der Waals surface area contributed by atoms with Crippen LogP contribution < -0.4 is 10.9 Å². The molecule has 10 heteroatoms. The summed E-state index contributed by atoms with van der Waals surface area (Å²) in [5, 5.41) is 3.99. The molecule has 1 fully saturated rings. The topological polar surface area (TPSA) is 85.2 Å². The minimum atomic E-state index is -4.48. The number of halogens is 3. The number of hydrogen-bond acceptors (Lipinski definition) is 4. The molecule has 1 aromatic heterocycles. The molecule has 2 aromatic rings. The Morgan fingerprint density at radius 3 is 2.74 bits per heavy atom. The van der Waals surface area contributed by atoms with Gasteiger partial charge in [-0.15, -0.1) is 0 Å². The standard InChI is InChI=1S/C17H17F3N4O3/c1-10-13(15(25)22-23-16(26)14-6-3-7-27-14)9-21-24(10)12-5-2-4-11(8-12)17(18,19)20/h2,4-5,8-9,14H,3,6-7H2,1H3,(H,22,25)(H,23,26). The first kappa shape index (κ1) is 18.9. The van der Waals surface area contributed by atoms with Gasteiger partial charge >= 0.3 is 6.18 Å². The molecule has 0 bridgehead atoms. The zero-order valence-electron chi connectivity index (χ0n) is 14.3. The quantitative estimate of drug-likeness (QED) is 0.797. The summed E-state index contributed by atoms with van der Waals surface area (Å²) in [6.45, 7) is 2.04. The molecule has 0 aliphatic carbocycles. The fourth-order valence-corrected chi connectivity index (χ4v) is 2.76. The van der Waals surface area contributed by atoms with Crippen LogP contribution in [0.5, 0.6) is 0 Å². The zero-order chi connectivity index (χ0) is 19.6. The van der Waals surface area contributed by atoms with Crippen molar-refractivity contribution in [3.63, 3.8) is 0 Å². The third-order valence-corrected chi connectivity index (χ3v) is 4.19. The number of benzene rings is 1. The van der Waals surface area contributed by atoms with Crippen LogP contribution >= 0.6 is 0 Å². The van der Waals surface area contributed by atoms with Gasteiger partial charge in [-0.3, -0.25) is 20.4 Å². The number of carbonyl (C=O) groups excluding carboxylic acids is 2. The van der Waals surface area contributed by atoms with Crippen LogP contribution in [0.3, 0.4) is 0 Å². The molecule has 1 atom stereocenters. The number of ether oxygens (including phenoxy) is 1. The summed E-state index contributed by atoms with van der Waals surface area (Å²) in [6, 6.07) is 4.62. The van der Waals surface area contributed by atoms with E-state index in [1.165, 1.54) is 23.0 Å². The summed E-state index contributed by atoms with van der Waals surface area (Å²) in [5.74, 6) is -1.08. The SMILES string of the molecule is Cc1c(C(=O)NNC(=O)C2CCCO2)cnn1-c1cccc(C(F)(F)F)c1. The second-order valence-electron chi connectivity index (χ2n) is 6.05. The Kier molecular flexibility index (Phi) is 5.17. The van der Waals surface area contributed by atoms with Crippen molar-refractivity contribution in [2.75, 3.05) is 6.61 Å². The molecule has 0 saturated carbocycles. The molecule has 1 aliphatic heterocycles. The number of carbonyl (C=O) groups is 2. The number of nitrogens with zero attached hydrogens (tertiary/aromatic N) is 2. The molecule has 2 heterocycles. The first-order valence-electron chi connectivity index (χ1n) is 8.21. The van der Waals surface area contributed by atoms with Gasteiger partial charge in [0.05, 0.1) is 28.7 Å². The smallest absolute Gasteiger partial charge is 0.368 e. The van der Waals surface area contributed by atoms with Gasteiger partial charge in [-0.05, 0) is 38.0 Å². The third kappa shape index (κ3) is 4.11. The fraction of sp³-hybridized carbons (Fsp3) is 0.353. The maximum Gasteiger partial charge on any atom is 0.416 e. The number of aromatic nitrogens is 2. The van der Waals surface area contributed by atoms with Gasteiger partial charge in [0, 0.05) is 6.61 Å².